The van der Waals surface area contributed by atoms with Crippen LogP contribution in [0.2, 0.25) is 4.34 Å². The second-order valence-electron chi connectivity index (χ2n) is 4.39. The Hall–Kier alpha value is -0.650. The van der Waals surface area contributed by atoms with Gasteiger partial charge in [0.1, 0.15) is 4.34 Å². The standard InChI is InChI=1S/C10H12ClN3OS/c11-8-4-13-10(16-8)9(15)14-7-2-6-1-5(7)3-12-6/h4-7,12H,1-3H2,(H,14,15)/t5-,6-,7-/m1/s1. The molecular formula is C10H12ClN3OS. The van der Waals surface area contributed by atoms with Crippen molar-refractivity contribution in [1.82, 2.24) is 15.6 Å². The van der Waals surface area contributed by atoms with E-state index in [0.717, 1.165) is 13.0 Å². The van der Waals surface area contributed by atoms with Crippen molar-refractivity contribution >= 4 is 28.8 Å². The van der Waals surface area contributed by atoms with Gasteiger partial charge in [-0.25, -0.2) is 4.98 Å². The maximum absolute atomic E-state index is 11.8. The molecule has 2 aliphatic rings. The van der Waals surface area contributed by atoms with Crippen molar-refractivity contribution in [3.05, 3.63) is 15.5 Å². The van der Waals surface area contributed by atoms with Gasteiger partial charge in [0.15, 0.2) is 5.01 Å². The molecule has 86 valence electrons. The van der Waals surface area contributed by atoms with Crippen molar-refractivity contribution in [1.29, 1.82) is 0 Å². The van der Waals surface area contributed by atoms with Gasteiger partial charge in [0, 0.05) is 18.6 Å². The fourth-order valence-corrected chi connectivity index (χ4v) is 3.42. The van der Waals surface area contributed by atoms with E-state index in [2.05, 4.69) is 15.6 Å². The van der Waals surface area contributed by atoms with Crippen LogP contribution in [0.1, 0.15) is 22.6 Å². The smallest absolute Gasteiger partial charge is 0.280 e. The molecule has 1 aliphatic carbocycles. The zero-order valence-electron chi connectivity index (χ0n) is 8.57. The fraction of sp³-hybridized carbons (Fsp3) is 0.600. The van der Waals surface area contributed by atoms with Crippen LogP contribution in [0.5, 0.6) is 0 Å². The number of hydrogen-bond acceptors (Lipinski definition) is 4. The summed E-state index contributed by atoms with van der Waals surface area (Å²) in [6.07, 6.45) is 3.74. The van der Waals surface area contributed by atoms with Crippen molar-refractivity contribution in [2.45, 2.75) is 24.9 Å². The summed E-state index contributed by atoms with van der Waals surface area (Å²) in [7, 11) is 0. The monoisotopic (exact) mass is 257 g/mol. The summed E-state index contributed by atoms with van der Waals surface area (Å²) in [5.74, 6) is 0.499. The quantitative estimate of drug-likeness (QED) is 0.839. The highest BCUT2D eigenvalue weighted by Crippen LogP contribution is 2.31. The number of fused-ring (bicyclic) bond motifs is 2. The van der Waals surface area contributed by atoms with Crippen LogP contribution in [0.25, 0.3) is 0 Å². The van der Waals surface area contributed by atoms with Crippen molar-refractivity contribution in [3.8, 4) is 0 Å². The first-order valence-corrected chi connectivity index (χ1v) is 6.57. The van der Waals surface area contributed by atoms with Crippen molar-refractivity contribution < 1.29 is 4.79 Å². The molecule has 0 unspecified atom stereocenters. The molecule has 1 saturated carbocycles. The Morgan fingerprint density at radius 2 is 2.50 bits per heavy atom. The topological polar surface area (TPSA) is 54.0 Å². The van der Waals surface area contributed by atoms with Crippen molar-refractivity contribution in [3.63, 3.8) is 0 Å². The molecule has 16 heavy (non-hydrogen) atoms. The highest BCUT2D eigenvalue weighted by atomic mass is 35.5. The lowest BCUT2D eigenvalue weighted by atomic mass is 10.0. The van der Waals surface area contributed by atoms with Gasteiger partial charge in [0.2, 0.25) is 0 Å². The molecule has 1 aromatic rings. The van der Waals surface area contributed by atoms with Crippen LogP contribution in [0, 0.1) is 5.92 Å². The SMILES string of the molecule is O=C(N[C@@H]1C[C@H]2C[C@@H]1CN2)c1ncc(Cl)s1. The number of carbonyl (C=O) groups excluding carboxylic acids is 1. The maximum atomic E-state index is 11.8. The Kier molecular flexibility index (Phi) is 2.61. The lowest BCUT2D eigenvalue weighted by Crippen LogP contribution is -2.44. The molecule has 2 fully saturated rings. The molecule has 1 aliphatic heterocycles. The third-order valence-electron chi connectivity index (χ3n) is 3.35. The van der Waals surface area contributed by atoms with Crippen LogP contribution in [0.3, 0.4) is 0 Å². The number of nitrogens with one attached hydrogen (secondary N) is 2. The molecule has 1 aromatic heterocycles. The number of halogens is 1. The number of rotatable bonds is 2. The number of hydrogen-bond donors (Lipinski definition) is 2. The summed E-state index contributed by atoms with van der Waals surface area (Å²) >= 11 is 6.98. The van der Waals surface area contributed by atoms with Gasteiger partial charge in [0.25, 0.3) is 5.91 Å². The number of thiazole rings is 1. The first kappa shape index (κ1) is 10.5. The van der Waals surface area contributed by atoms with E-state index in [1.165, 1.54) is 24.0 Å². The average molecular weight is 258 g/mol. The van der Waals surface area contributed by atoms with Crippen molar-refractivity contribution in [2.75, 3.05) is 6.54 Å². The van der Waals surface area contributed by atoms with Crippen LogP contribution >= 0.6 is 22.9 Å². The van der Waals surface area contributed by atoms with E-state index in [9.17, 15) is 4.79 Å². The zero-order chi connectivity index (χ0) is 11.1. The molecule has 0 spiro atoms. The van der Waals surface area contributed by atoms with E-state index in [-0.39, 0.29) is 5.91 Å². The van der Waals surface area contributed by atoms with Crippen LogP contribution in [0.4, 0.5) is 0 Å². The highest BCUT2D eigenvalue weighted by molar-refractivity contribution is 7.17. The molecular weight excluding hydrogens is 246 g/mol. The molecule has 0 radical (unpaired) electrons. The van der Waals surface area contributed by atoms with Crippen LogP contribution in [-0.2, 0) is 0 Å². The number of aromatic nitrogens is 1. The average Bonchev–Trinajstić information content (AvgIpc) is 2.92. The molecule has 2 bridgehead atoms. The normalized spacial score (nSPS) is 31.9. The third-order valence-corrected chi connectivity index (χ3v) is 4.47. The van der Waals surface area contributed by atoms with E-state index < -0.39 is 0 Å². The van der Waals surface area contributed by atoms with Gasteiger partial charge in [-0.2, -0.15) is 0 Å². The number of amides is 1. The van der Waals surface area contributed by atoms with Gasteiger partial charge in [-0.15, -0.1) is 0 Å². The van der Waals surface area contributed by atoms with Gasteiger partial charge in [-0.3, -0.25) is 4.79 Å². The van der Waals surface area contributed by atoms with E-state index >= 15 is 0 Å². The summed E-state index contributed by atoms with van der Waals surface area (Å²) in [5, 5.41) is 6.93. The lowest BCUT2D eigenvalue weighted by Gasteiger charge is -2.22. The Bertz CT molecular complexity index is 422. The molecule has 3 rings (SSSR count). The fourth-order valence-electron chi connectivity index (χ4n) is 2.60. The Morgan fingerprint density at radius 1 is 1.62 bits per heavy atom. The molecule has 4 nitrogen and oxygen atoms in total. The number of piperidine rings is 1. The first-order chi connectivity index (χ1) is 7.72. The summed E-state index contributed by atoms with van der Waals surface area (Å²) in [4.78, 5) is 15.8. The minimum Gasteiger partial charge on any atom is -0.347 e. The first-order valence-electron chi connectivity index (χ1n) is 5.38. The van der Waals surface area contributed by atoms with Crippen LogP contribution < -0.4 is 10.6 Å². The van der Waals surface area contributed by atoms with Gasteiger partial charge >= 0.3 is 0 Å². The van der Waals surface area contributed by atoms with Crippen LogP contribution in [0.15, 0.2) is 6.20 Å². The zero-order valence-corrected chi connectivity index (χ0v) is 10.1. The number of carbonyl (C=O) groups is 1. The maximum Gasteiger partial charge on any atom is 0.280 e. The highest BCUT2D eigenvalue weighted by Gasteiger charge is 2.40. The Morgan fingerprint density at radius 3 is 3.06 bits per heavy atom. The second-order valence-corrected chi connectivity index (χ2v) is 6.05. The Labute approximate surface area is 102 Å². The van der Waals surface area contributed by atoms with Gasteiger partial charge < -0.3 is 10.6 Å². The van der Waals surface area contributed by atoms with E-state index in [1.807, 2.05) is 0 Å². The predicted octanol–water partition coefficient (Wildman–Crippen LogP) is 1.28. The van der Waals surface area contributed by atoms with Gasteiger partial charge in [-0.05, 0) is 18.8 Å². The van der Waals surface area contributed by atoms with Gasteiger partial charge in [0.05, 0.1) is 6.20 Å². The van der Waals surface area contributed by atoms with E-state index in [1.54, 1.807) is 0 Å². The van der Waals surface area contributed by atoms with E-state index in [0.29, 0.717) is 27.3 Å². The Balaban J connectivity index is 1.65. The molecule has 2 N–H and O–H groups in total. The third kappa shape index (κ3) is 1.83. The largest absolute Gasteiger partial charge is 0.347 e. The molecule has 1 saturated heterocycles. The molecule has 0 aromatic carbocycles. The minimum absolute atomic E-state index is 0.0885. The minimum atomic E-state index is -0.0885. The second kappa shape index (κ2) is 3.98. The van der Waals surface area contributed by atoms with E-state index in [4.69, 9.17) is 11.6 Å². The molecule has 3 atom stereocenters. The summed E-state index contributed by atoms with van der Waals surface area (Å²) in [5.41, 5.74) is 0. The predicted molar refractivity (Wildman–Crippen MR) is 62.9 cm³/mol. The molecule has 2 heterocycles. The molecule has 6 heteroatoms. The summed E-state index contributed by atoms with van der Waals surface area (Å²) in [6.45, 7) is 1.02. The summed E-state index contributed by atoms with van der Waals surface area (Å²) < 4.78 is 0.555. The summed E-state index contributed by atoms with van der Waals surface area (Å²) in [6, 6.07) is 0.900. The number of nitrogens with zero attached hydrogens (tertiary/aromatic N) is 1. The van der Waals surface area contributed by atoms with Crippen LogP contribution in [-0.4, -0.2) is 29.5 Å². The van der Waals surface area contributed by atoms with Gasteiger partial charge in [-0.1, -0.05) is 22.9 Å². The van der Waals surface area contributed by atoms with Crippen molar-refractivity contribution in [2.24, 2.45) is 5.92 Å². The lowest BCUT2D eigenvalue weighted by molar-refractivity contribution is 0.0924. The molecule has 1 amide bonds.